The van der Waals surface area contributed by atoms with Crippen LogP contribution in [0.1, 0.15) is 33.5 Å². The maximum Gasteiger partial charge on any atom is 0.341 e. The van der Waals surface area contributed by atoms with Crippen LogP contribution in [0.3, 0.4) is 0 Å². The van der Waals surface area contributed by atoms with Crippen molar-refractivity contribution in [2.45, 2.75) is 25.9 Å². The lowest BCUT2D eigenvalue weighted by Crippen LogP contribution is -2.04. The first kappa shape index (κ1) is 14.0. The Kier molecular flexibility index (Phi) is 3.84. The molecule has 2 aromatic carbocycles. The zero-order valence-corrected chi connectivity index (χ0v) is 12.2. The summed E-state index contributed by atoms with van der Waals surface area (Å²) in [6.45, 7) is 0.341. The van der Waals surface area contributed by atoms with Gasteiger partial charge in [0.05, 0.1) is 5.02 Å². The predicted molar refractivity (Wildman–Crippen MR) is 81.2 cm³/mol. The summed E-state index contributed by atoms with van der Waals surface area (Å²) in [5.74, 6) is -0.778. The minimum atomic E-state index is -1.08. The lowest BCUT2D eigenvalue weighted by Gasteiger charge is -2.11. The number of aromatic carboxylic acids is 1. The number of rotatable bonds is 4. The van der Waals surface area contributed by atoms with Crippen LogP contribution in [0.5, 0.6) is 5.75 Å². The van der Waals surface area contributed by atoms with Gasteiger partial charge in [0, 0.05) is 0 Å². The van der Waals surface area contributed by atoms with E-state index in [1.807, 2.05) is 6.07 Å². The smallest absolute Gasteiger partial charge is 0.341 e. The van der Waals surface area contributed by atoms with Crippen LogP contribution >= 0.6 is 11.6 Å². The summed E-state index contributed by atoms with van der Waals surface area (Å²) < 4.78 is 5.66. The number of hydrogen-bond donors (Lipinski definition) is 1. The van der Waals surface area contributed by atoms with Crippen molar-refractivity contribution in [2.75, 3.05) is 0 Å². The van der Waals surface area contributed by atoms with E-state index < -0.39 is 5.97 Å². The van der Waals surface area contributed by atoms with E-state index in [1.54, 1.807) is 18.2 Å². The van der Waals surface area contributed by atoms with Gasteiger partial charge in [0.25, 0.3) is 0 Å². The van der Waals surface area contributed by atoms with Gasteiger partial charge in [-0.15, -0.1) is 0 Å². The zero-order chi connectivity index (χ0) is 14.8. The molecule has 0 fully saturated rings. The quantitative estimate of drug-likeness (QED) is 0.924. The number of carbonyl (C=O) groups is 1. The van der Waals surface area contributed by atoms with Gasteiger partial charge in [-0.25, -0.2) is 4.79 Å². The van der Waals surface area contributed by atoms with E-state index >= 15 is 0 Å². The highest BCUT2D eigenvalue weighted by Crippen LogP contribution is 2.28. The molecule has 0 unspecified atom stereocenters. The maximum absolute atomic E-state index is 11.2. The van der Waals surface area contributed by atoms with Crippen LogP contribution in [0.25, 0.3) is 0 Å². The fourth-order valence-electron chi connectivity index (χ4n) is 2.71. The minimum absolute atomic E-state index is 0.0142. The number of aryl methyl sites for hydroxylation is 2. The number of fused-ring (bicyclic) bond motifs is 1. The highest BCUT2D eigenvalue weighted by atomic mass is 35.5. The third kappa shape index (κ3) is 2.88. The molecule has 1 N–H and O–H groups in total. The molecule has 0 saturated carbocycles. The Morgan fingerprint density at radius 1 is 1.19 bits per heavy atom. The summed E-state index contributed by atoms with van der Waals surface area (Å²) in [6, 6.07) is 11.2. The molecule has 0 spiro atoms. The van der Waals surface area contributed by atoms with E-state index in [1.165, 1.54) is 17.5 Å². The van der Waals surface area contributed by atoms with Gasteiger partial charge in [-0.05, 0) is 48.1 Å². The third-order valence-corrected chi connectivity index (χ3v) is 4.06. The molecule has 0 atom stereocenters. The molecule has 3 rings (SSSR count). The van der Waals surface area contributed by atoms with Crippen LogP contribution in [0.4, 0.5) is 0 Å². The van der Waals surface area contributed by atoms with Crippen molar-refractivity contribution >= 4 is 17.6 Å². The number of halogens is 1. The van der Waals surface area contributed by atoms with E-state index in [2.05, 4.69) is 12.1 Å². The molecule has 0 bridgehead atoms. The maximum atomic E-state index is 11.2. The summed E-state index contributed by atoms with van der Waals surface area (Å²) in [5.41, 5.74) is 3.85. The van der Waals surface area contributed by atoms with Gasteiger partial charge in [0.1, 0.15) is 17.9 Å². The van der Waals surface area contributed by atoms with Crippen LogP contribution in [0.2, 0.25) is 5.02 Å². The molecule has 0 heterocycles. The Balaban J connectivity index is 1.79. The third-order valence-electron chi connectivity index (χ3n) is 3.75. The molecule has 0 radical (unpaired) electrons. The number of benzene rings is 2. The Bertz CT molecular complexity index is 694. The Hall–Kier alpha value is -2.00. The molecule has 108 valence electrons. The molecule has 0 amide bonds. The molecule has 1 aliphatic carbocycles. The van der Waals surface area contributed by atoms with Gasteiger partial charge in [-0.3, -0.25) is 0 Å². The molecule has 3 nitrogen and oxygen atoms in total. The molecular formula is C17H15ClO3. The van der Waals surface area contributed by atoms with Crippen LogP contribution in [-0.4, -0.2) is 11.1 Å². The standard InChI is InChI=1S/C17H15ClO3/c18-14-5-2-6-15(16(14)17(19)20)21-10-11-7-8-12-3-1-4-13(12)9-11/h2,5-9H,1,3-4,10H2,(H,19,20). The number of hydrogen-bond acceptors (Lipinski definition) is 2. The van der Waals surface area contributed by atoms with Crippen molar-refractivity contribution in [3.63, 3.8) is 0 Å². The predicted octanol–water partition coefficient (Wildman–Crippen LogP) is 4.11. The van der Waals surface area contributed by atoms with Crippen LogP contribution in [-0.2, 0) is 19.4 Å². The SMILES string of the molecule is O=C(O)c1c(Cl)cccc1OCc1ccc2c(c1)CCC2. The van der Waals surface area contributed by atoms with Gasteiger partial charge >= 0.3 is 5.97 Å². The minimum Gasteiger partial charge on any atom is -0.488 e. The lowest BCUT2D eigenvalue weighted by atomic mass is 10.1. The Morgan fingerprint density at radius 3 is 2.81 bits per heavy atom. The van der Waals surface area contributed by atoms with Crippen LogP contribution < -0.4 is 4.74 Å². The molecule has 0 saturated heterocycles. The van der Waals surface area contributed by atoms with E-state index in [0.717, 1.165) is 18.4 Å². The second-order valence-corrected chi connectivity index (χ2v) is 5.57. The monoisotopic (exact) mass is 302 g/mol. The largest absolute Gasteiger partial charge is 0.488 e. The summed E-state index contributed by atoms with van der Waals surface area (Å²) in [4.78, 5) is 11.2. The fraction of sp³-hybridized carbons (Fsp3) is 0.235. The highest BCUT2D eigenvalue weighted by molar-refractivity contribution is 6.33. The lowest BCUT2D eigenvalue weighted by molar-refractivity contribution is 0.0692. The van der Waals surface area contributed by atoms with Crippen molar-refractivity contribution in [1.82, 2.24) is 0 Å². The van der Waals surface area contributed by atoms with Crippen molar-refractivity contribution in [2.24, 2.45) is 0 Å². The molecule has 1 aliphatic rings. The zero-order valence-electron chi connectivity index (χ0n) is 11.4. The number of carboxylic acid groups (broad SMARTS) is 1. The average molecular weight is 303 g/mol. The average Bonchev–Trinajstić information content (AvgIpc) is 2.92. The van der Waals surface area contributed by atoms with Gasteiger partial charge in [0.2, 0.25) is 0 Å². The first-order chi connectivity index (χ1) is 10.1. The summed E-state index contributed by atoms with van der Waals surface area (Å²) >= 11 is 5.92. The van der Waals surface area contributed by atoms with Crippen LogP contribution in [0, 0.1) is 0 Å². The van der Waals surface area contributed by atoms with Crippen molar-refractivity contribution in [3.05, 3.63) is 63.7 Å². The molecule has 2 aromatic rings. The van der Waals surface area contributed by atoms with Gasteiger partial charge in [-0.2, -0.15) is 0 Å². The van der Waals surface area contributed by atoms with Gasteiger partial charge in [-0.1, -0.05) is 35.9 Å². The van der Waals surface area contributed by atoms with E-state index in [-0.39, 0.29) is 10.6 Å². The normalized spacial score (nSPS) is 13.0. The number of carboxylic acids is 1. The second kappa shape index (κ2) is 5.78. The molecule has 4 heteroatoms. The topological polar surface area (TPSA) is 46.5 Å². The molecular weight excluding hydrogens is 288 g/mol. The summed E-state index contributed by atoms with van der Waals surface area (Å²) in [7, 11) is 0. The Labute approximate surface area is 128 Å². The number of ether oxygens (including phenoxy) is 1. The molecule has 21 heavy (non-hydrogen) atoms. The van der Waals surface area contributed by atoms with Crippen molar-refractivity contribution < 1.29 is 14.6 Å². The fourth-order valence-corrected chi connectivity index (χ4v) is 2.95. The van der Waals surface area contributed by atoms with Gasteiger partial charge < -0.3 is 9.84 Å². The van der Waals surface area contributed by atoms with Gasteiger partial charge in [0.15, 0.2) is 0 Å². The highest BCUT2D eigenvalue weighted by Gasteiger charge is 2.16. The van der Waals surface area contributed by atoms with Crippen molar-refractivity contribution in [3.8, 4) is 5.75 Å². The molecule has 0 aliphatic heterocycles. The van der Waals surface area contributed by atoms with Crippen LogP contribution in [0.15, 0.2) is 36.4 Å². The van der Waals surface area contributed by atoms with E-state index in [4.69, 9.17) is 16.3 Å². The van der Waals surface area contributed by atoms with Crippen molar-refractivity contribution in [1.29, 1.82) is 0 Å². The first-order valence-corrected chi connectivity index (χ1v) is 7.28. The molecule has 0 aromatic heterocycles. The summed E-state index contributed by atoms with van der Waals surface area (Å²) in [6.07, 6.45) is 3.46. The Morgan fingerprint density at radius 2 is 2.00 bits per heavy atom. The first-order valence-electron chi connectivity index (χ1n) is 6.90. The van der Waals surface area contributed by atoms with E-state index in [9.17, 15) is 9.90 Å². The summed E-state index contributed by atoms with van der Waals surface area (Å²) in [5, 5.41) is 9.39. The second-order valence-electron chi connectivity index (χ2n) is 5.16. The van der Waals surface area contributed by atoms with E-state index in [0.29, 0.717) is 12.4 Å².